The Labute approximate surface area is 116 Å². The molecule has 1 amide bonds. The van der Waals surface area contributed by atoms with Crippen LogP contribution in [0.15, 0.2) is 18.2 Å². The summed E-state index contributed by atoms with van der Waals surface area (Å²) >= 11 is 0. The van der Waals surface area contributed by atoms with Crippen LogP contribution in [-0.2, 0) is 9.53 Å². The summed E-state index contributed by atoms with van der Waals surface area (Å²) in [6.07, 6.45) is -0.614. The fourth-order valence-electron chi connectivity index (χ4n) is 1.64. The van der Waals surface area contributed by atoms with E-state index < -0.39 is 29.4 Å². The first-order valence-corrected chi connectivity index (χ1v) is 6.11. The largest absolute Gasteiger partial charge is 0.444 e. The Hall–Kier alpha value is -1.98. The van der Waals surface area contributed by atoms with E-state index in [4.69, 9.17) is 4.74 Å². The highest BCUT2D eigenvalue weighted by Gasteiger charge is 2.24. The summed E-state index contributed by atoms with van der Waals surface area (Å²) in [6, 6.07) is 2.23. The van der Waals surface area contributed by atoms with Crippen molar-refractivity contribution in [3.63, 3.8) is 0 Å². The van der Waals surface area contributed by atoms with E-state index in [0.717, 1.165) is 12.1 Å². The van der Waals surface area contributed by atoms with Crippen molar-refractivity contribution in [3.05, 3.63) is 35.4 Å². The first kappa shape index (κ1) is 16.1. The molecule has 0 aliphatic carbocycles. The first-order valence-electron chi connectivity index (χ1n) is 6.11. The van der Waals surface area contributed by atoms with Gasteiger partial charge in [-0.1, -0.05) is 6.07 Å². The van der Waals surface area contributed by atoms with E-state index in [0.29, 0.717) is 6.29 Å². The van der Waals surface area contributed by atoms with Crippen molar-refractivity contribution < 1.29 is 23.1 Å². The van der Waals surface area contributed by atoms with Crippen molar-refractivity contribution in [2.24, 2.45) is 0 Å². The highest BCUT2D eigenvalue weighted by molar-refractivity contribution is 5.69. The van der Waals surface area contributed by atoms with Crippen LogP contribution < -0.4 is 5.32 Å². The van der Waals surface area contributed by atoms with Crippen molar-refractivity contribution >= 4 is 12.4 Å². The second-order valence-electron chi connectivity index (χ2n) is 5.24. The lowest BCUT2D eigenvalue weighted by molar-refractivity contribution is -0.108. The van der Waals surface area contributed by atoms with Crippen LogP contribution in [0, 0.1) is 11.6 Å². The van der Waals surface area contributed by atoms with Crippen LogP contribution in [0.25, 0.3) is 0 Å². The third-order valence-electron chi connectivity index (χ3n) is 2.37. The van der Waals surface area contributed by atoms with Gasteiger partial charge in [-0.15, -0.1) is 0 Å². The molecule has 1 N–H and O–H groups in total. The molecule has 0 unspecified atom stereocenters. The van der Waals surface area contributed by atoms with Crippen LogP contribution >= 0.6 is 0 Å². The summed E-state index contributed by atoms with van der Waals surface area (Å²) in [6.45, 7) is 4.97. The Balaban J connectivity index is 2.95. The lowest BCUT2D eigenvalue weighted by Crippen LogP contribution is -2.35. The van der Waals surface area contributed by atoms with E-state index in [1.807, 2.05) is 0 Å². The van der Waals surface area contributed by atoms with Crippen molar-refractivity contribution in [2.75, 3.05) is 0 Å². The number of carbonyl (C=O) groups is 2. The molecule has 20 heavy (non-hydrogen) atoms. The highest BCUT2D eigenvalue weighted by atomic mass is 19.1. The van der Waals surface area contributed by atoms with Gasteiger partial charge in [0.15, 0.2) is 0 Å². The molecule has 6 heteroatoms. The lowest BCUT2D eigenvalue weighted by atomic mass is 10.0. The van der Waals surface area contributed by atoms with Crippen molar-refractivity contribution in [2.45, 2.75) is 38.8 Å². The summed E-state index contributed by atoms with van der Waals surface area (Å²) in [5.41, 5.74) is -1.10. The normalized spacial score (nSPS) is 12.7. The number of amides is 1. The van der Waals surface area contributed by atoms with Gasteiger partial charge in [0, 0.05) is 12.0 Å². The van der Waals surface area contributed by atoms with E-state index in [-0.39, 0.29) is 12.0 Å². The van der Waals surface area contributed by atoms with Crippen LogP contribution in [-0.4, -0.2) is 18.0 Å². The second-order valence-corrected chi connectivity index (χ2v) is 5.24. The predicted octanol–water partition coefficient (Wildman–Crippen LogP) is 3.12. The monoisotopic (exact) mass is 285 g/mol. The number of halogens is 2. The maximum absolute atomic E-state index is 13.7. The molecule has 0 spiro atoms. The first-order chi connectivity index (χ1) is 9.24. The Morgan fingerprint density at radius 1 is 1.35 bits per heavy atom. The maximum atomic E-state index is 13.7. The molecule has 0 aromatic heterocycles. The van der Waals surface area contributed by atoms with Crippen LogP contribution in [0.5, 0.6) is 0 Å². The summed E-state index contributed by atoms with van der Waals surface area (Å²) < 4.78 is 32.3. The standard InChI is InChI=1S/C14H17F2NO3/c1-14(2,3)20-13(19)17-11(7-8-18)12-9(15)5-4-6-10(12)16/h4-6,8,11H,7H2,1-3H3,(H,17,19)/t11-/m0/s1. The zero-order valence-corrected chi connectivity index (χ0v) is 11.6. The summed E-state index contributed by atoms with van der Waals surface area (Å²) in [5.74, 6) is -1.65. The fourth-order valence-corrected chi connectivity index (χ4v) is 1.64. The Kier molecular flexibility index (Phi) is 5.19. The smallest absolute Gasteiger partial charge is 0.408 e. The quantitative estimate of drug-likeness (QED) is 0.865. The number of nitrogens with one attached hydrogen (secondary N) is 1. The summed E-state index contributed by atoms with van der Waals surface area (Å²) in [7, 11) is 0. The molecule has 1 atom stereocenters. The topological polar surface area (TPSA) is 55.4 Å². The molecule has 0 radical (unpaired) electrons. The van der Waals surface area contributed by atoms with Crippen LogP contribution in [0.2, 0.25) is 0 Å². The van der Waals surface area contributed by atoms with Crippen LogP contribution in [0.4, 0.5) is 13.6 Å². The number of carbonyl (C=O) groups excluding carboxylic acids is 2. The third kappa shape index (κ3) is 4.60. The summed E-state index contributed by atoms with van der Waals surface area (Å²) in [5, 5.41) is 2.30. The molecule has 0 bridgehead atoms. The maximum Gasteiger partial charge on any atom is 0.408 e. The van der Waals surface area contributed by atoms with Gasteiger partial charge in [0.05, 0.1) is 6.04 Å². The van der Waals surface area contributed by atoms with Crippen LogP contribution in [0.1, 0.15) is 38.8 Å². The minimum Gasteiger partial charge on any atom is -0.444 e. The van der Waals surface area contributed by atoms with Crippen LogP contribution in [0.3, 0.4) is 0 Å². The Morgan fingerprint density at radius 3 is 2.35 bits per heavy atom. The van der Waals surface area contributed by atoms with Gasteiger partial charge in [-0.25, -0.2) is 13.6 Å². The number of rotatable bonds is 4. The van der Waals surface area contributed by atoms with Gasteiger partial charge in [0.2, 0.25) is 0 Å². The third-order valence-corrected chi connectivity index (χ3v) is 2.37. The highest BCUT2D eigenvalue weighted by Crippen LogP contribution is 2.23. The minimum atomic E-state index is -1.11. The van der Waals surface area contributed by atoms with E-state index in [9.17, 15) is 18.4 Å². The van der Waals surface area contributed by atoms with Crippen molar-refractivity contribution in [1.29, 1.82) is 0 Å². The van der Waals surface area contributed by atoms with E-state index >= 15 is 0 Å². The SMILES string of the molecule is CC(C)(C)OC(=O)N[C@@H](CC=O)c1c(F)cccc1F. The molecule has 0 heterocycles. The molecule has 1 aromatic rings. The van der Waals surface area contributed by atoms with E-state index in [1.54, 1.807) is 20.8 Å². The number of hydrogen-bond donors (Lipinski definition) is 1. The second kappa shape index (κ2) is 6.45. The lowest BCUT2D eigenvalue weighted by Gasteiger charge is -2.23. The number of benzene rings is 1. The molecular formula is C14H17F2NO3. The molecule has 1 rings (SSSR count). The zero-order valence-electron chi connectivity index (χ0n) is 11.6. The van der Waals surface area contributed by atoms with Crippen molar-refractivity contribution in [3.8, 4) is 0 Å². The molecule has 110 valence electrons. The molecule has 0 aliphatic heterocycles. The van der Waals surface area contributed by atoms with Gasteiger partial charge < -0.3 is 14.8 Å². The summed E-state index contributed by atoms with van der Waals surface area (Å²) in [4.78, 5) is 22.3. The Morgan fingerprint density at radius 2 is 1.90 bits per heavy atom. The molecule has 0 fully saturated rings. The zero-order chi connectivity index (χ0) is 15.3. The number of aldehydes is 1. The molecule has 0 saturated heterocycles. The van der Waals surface area contributed by atoms with Gasteiger partial charge in [-0.05, 0) is 32.9 Å². The van der Waals surface area contributed by atoms with E-state index in [1.165, 1.54) is 6.07 Å². The van der Waals surface area contributed by atoms with Gasteiger partial charge in [0.25, 0.3) is 0 Å². The number of alkyl carbamates (subject to hydrolysis) is 1. The van der Waals surface area contributed by atoms with E-state index in [2.05, 4.69) is 5.32 Å². The average Bonchev–Trinajstić information content (AvgIpc) is 2.26. The predicted molar refractivity (Wildman–Crippen MR) is 69.1 cm³/mol. The molecule has 0 aliphatic rings. The number of hydrogen-bond acceptors (Lipinski definition) is 3. The van der Waals surface area contributed by atoms with Gasteiger partial charge in [0.1, 0.15) is 23.5 Å². The van der Waals surface area contributed by atoms with Gasteiger partial charge in [-0.2, -0.15) is 0 Å². The molecule has 0 saturated carbocycles. The molecular weight excluding hydrogens is 268 g/mol. The van der Waals surface area contributed by atoms with Gasteiger partial charge in [-0.3, -0.25) is 0 Å². The van der Waals surface area contributed by atoms with Crippen molar-refractivity contribution in [1.82, 2.24) is 5.32 Å². The molecule has 1 aromatic carbocycles. The molecule has 4 nitrogen and oxygen atoms in total. The Bertz CT molecular complexity index is 477. The number of ether oxygens (including phenoxy) is 1. The minimum absolute atomic E-state index is 0.253. The van der Waals surface area contributed by atoms with Gasteiger partial charge >= 0.3 is 6.09 Å². The fraction of sp³-hybridized carbons (Fsp3) is 0.429. The average molecular weight is 285 g/mol.